The summed E-state index contributed by atoms with van der Waals surface area (Å²) in [4.78, 5) is 38.1. The van der Waals surface area contributed by atoms with E-state index in [1.54, 1.807) is 36.4 Å². The number of nitrogens with one attached hydrogen (secondary N) is 1. The van der Waals surface area contributed by atoms with E-state index in [9.17, 15) is 27.9 Å². The van der Waals surface area contributed by atoms with E-state index in [0.717, 1.165) is 16.0 Å². The molecule has 8 nitrogen and oxygen atoms in total. The van der Waals surface area contributed by atoms with Gasteiger partial charge in [0.15, 0.2) is 15.2 Å². The van der Waals surface area contributed by atoms with Crippen molar-refractivity contribution >= 4 is 27.6 Å². The van der Waals surface area contributed by atoms with Crippen molar-refractivity contribution < 1.29 is 27.9 Å². The molecule has 0 radical (unpaired) electrons. The highest BCUT2D eigenvalue weighted by Gasteiger charge is 2.67. The molecule has 32 heavy (non-hydrogen) atoms. The fourth-order valence-electron chi connectivity index (χ4n) is 4.92. The summed E-state index contributed by atoms with van der Waals surface area (Å²) in [5, 5.41) is 9.84. The third-order valence-electron chi connectivity index (χ3n) is 6.38. The number of aliphatic carboxylic acids is 1. The van der Waals surface area contributed by atoms with Crippen LogP contribution < -0.4 is 5.32 Å². The number of amides is 2. The summed E-state index contributed by atoms with van der Waals surface area (Å²) in [6.07, 6.45) is 0.247. The molecule has 2 aromatic carbocycles. The van der Waals surface area contributed by atoms with Crippen molar-refractivity contribution in [2.24, 2.45) is 0 Å². The van der Waals surface area contributed by atoms with Gasteiger partial charge in [0.25, 0.3) is 5.91 Å². The zero-order valence-corrected chi connectivity index (χ0v) is 17.7. The topological polar surface area (TPSA) is 121 Å². The van der Waals surface area contributed by atoms with Gasteiger partial charge in [-0.15, -0.1) is 0 Å². The molecule has 2 fully saturated rings. The quantitative estimate of drug-likeness (QED) is 0.658. The first-order valence-corrected chi connectivity index (χ1v) is 11.8. The van der Waals surface area contributed by atoms with Crippen LogP contribution in [-0.2, 0) is 30.6 Å². The van der Waals surface area contributed by atoms with Crippen LogP contribution in [0.4, 0.5) is 0 Å². The molecule has 0 unspecified atom stereocenters. The van der Waals surface area contributed by atoms with Crippen molar-refractivity contribution in [3.8, 4) is 0 Å². The van der Waals surface area contributed by atoms with Gasteiger partial charge in [0.05, 0.1) is 11.7 Å². The molecule has 2 aliphatic heterocycles. The minimum Gasteiger partial charge on any atom is -0.477 e. The Hall–Kier alpha value is -3.46. The van der Waals surface area contributed by atoms with E-state index in [4.69, 9.17) is 0 Å². The van der Waals surface area contributed by atoms with Crippen LogP contribution >= 0.6 is 0 Å². The summed E-state index contributed by atoms with van der Waals surface area (Å²) in [7, 11) is -3.96. The summed E-state index contributed by atoms with van der Waals surface area (Å²) in [6, 6.07) is 16.6. The number of fused-ring (bicyclic) bond motifs is 2. The molecule has 1 saturated carbocycles. The molecular weight excluding hydrogens is 432 g/mol. The molecule has 2 N–H and O–H groups in total. The number of carboxylic acids is 1. The number of β-lactam (4-membered cyclic amide) rings is 1. The summed E-state index contributed by atoms with van der Waals surface area (Å²) in [5.74, 6) is -2.93. The molecule has 2 heterocycles. The van der Waals surface area contributed by atoms with Crippen molar-refractivity contribution in [2.75, 3.05) is 0 Å². The number of hydrogen-bond acceptors (Lipinski definition) is 5. The van der Waals surface area contributed by atoms with E-state index in [-0.39, 0.29) is 30.0 Å². The first-order valence-electron chi connectivity index (χ1n) is 10.2. The van der Waals surface area contributed by atoms with Crippen molar-refractivity contribution in [2.45, 2.75) is 35.4 Å². The summed E-state index contributed by atoms with van der Waals surface area (Å²) in [6.45, 7) is 0. The van der Waals surface area contributed by atoms with E-state index in [1.165, 1.54) is 0 Å². The maximum atomic E-state index is 13.5. The van der Waals surface area contributed by atoms with Crippen molar-refractivity contribution in [3.63, 3.8) is 0 Å². The van der Waals surface area contributed by atoms with Crippen molar-refractivity contribution in [1.29, 1.82) is 0 Å². The van der Waals surface area contributed by atoms with Crippen LogP contribution in [0.1, 0.15) is 23.5 Å². The van der Waals surface area contributed by atoms with E-state index < -0.39 is 44.3 Å². The Labute approximate surface area is 184 Å². The lowest BCUT2D eigenvalue weighted by molar-refractivity contribution is -0.151. The second kappa shape index (κ2) is 7.30. The fourth-order valence-corrected chi connectivity index (χ4v) is 7.60. The smallest absolute Gasteiger partial charge is 0.352 e. The SMILES string of the molecule is O=C(Cc1ccccc1)N[C@@H]1C(=O)N2C(C(=O)O)=C3C[C@@H](c4ccccc4)[C@@H]3S(=O)(=O)[C@H]12. The zero-order valence-electron chi connectivity index (χ0n) is 16.8. The van der Waals surface area contributed by atoms with Crippen LogP contribution in [-0.4, -0.2) is 52.9 Å². The molecule has 0 spiro atoms. The van der Waals surface area contributed by atoms with Gasteiger partial charge in [-0.05, 0) is 23.1 Å². The van der Waals surface area contributed by atoms with Crippen molar-refractivity contribution in [3.05, 3.63) is 83.1 Å². The average Bonchev–Trinajstić information content (AvgIpc) is 2.73. The molecular formula is C23H20N2O6S. The van der Waals surface area contributed by atoms with E-state index >= 15 is 0 Å². The highest BCUT2D eigenvalue weighted by Crippen LogP contribution is 2.54. The first-order chi connectivity index (χ1) is 15.3. The largest absolute Gasteiger partial charge is 0.477 e. The maximum Gasteiger partial charge on any atom is 0.352 e. The van der Waals surface area contributed by atoms with Gasteiger partial charge in [0.1, 0.15) is 11.7 Å². The number of rotatable bonds is 5. The number of carbonyl (C=O) groups is 3. The molecule has 9 heteroatoms. The second-order valence-corrected chi connectivity index (χ2v) is 10.4. The molecule has 1 aliphatic carbocycles. The molecule has 3 aliphatic rings. The minimum atomic E-state index is -3.96. The van der Waals surface area contributed by atoms with Crippen LogP contribution in [0, 0.1) is 0 Å². The molecule has 164 valence electrons. The van der Waals surface area contributed by atoms with Gasteiger partial charge in [-0.2, -0.15) is 0 Å². The number of carbonyl (C=O) groups excluding carboxylic acids is 2. The molecule has 4 atom stereocenters. The fraction of sp³-hybridized carbons (Fsp3) is 0.261. The van der Waals surface area contributed by atoms with E-state index in [1.807, 2.05) is 24.3 Å². The number of hydrogen-bond donors (Lipinski definition) is 2. The Morgan fingerprint density at radius 2 is 1.66 bits per heavy atom. The van der Waals surface area contributed by atoms with Crippen molar-refractivity contribution in [1.82, 2.24) is 10.2 Å². The Morgan fingerprint density at radius 3 is 2.28 bits per heavy atom. The third-order valence-corrected chi connectivity index (χ3v) is 8.86. The highest BCUT2D eigenvalue weighted by atomic mass is 32.2. The molecule has 0 bridgehead atoms. The monoisotopic (exact) mass is 452 g/mol. The lowest BCUT2D eigenvalue weighted by atomic mass is 9.73. The number of carboxylic acid groups (broad SMARTS) is 1. The maximum absolute atomic E-state index is 13.5. The predicted molar refractivity (Wildman–Crippen MR) is 114 cm³/mol. The van der Waals surface area contributed by atoms with E-state index in [2.05, 4.69) is 5.32 Å². The van der Waals surface area contributed by atoms with Gasteiger partial charge in [-0.3, -0.25) is 14.5 Å². The van der Waals surface area contributed by atoms with Gasteiger partial charge in [-0.25, -0.2) is 13.2 Å². The Kier molecular flexibility index (Phi) is 4.67. The van der Waals surface area contributed by atoms with Gasteiger partial charge >= 0.3 is 5.97 Å². The Balaban J connectivity index is 1.46. The lowest BCUT2D eigenvalue weighted by Crippen LogP contribution is -2.77. The zero-order chi connectivity index (χ0) is 22.6. The normalized spacial score (nSPS) is 27.5. The van der Waals surface area contributed by atoms with Crippen LogP contribution in [0.25, 0.3) is 0 Å². The molecule has 5 rings (SSSR count). The number of sulfone groups is 1. The van der Waals surface area contributed by atoms with Crippen LogP contribution in [0.15, 0.2) is 71.9 Å². The molecule has 2 amide bonds. The molecule has 1 saturated heterocycles. The van der Waals surface area contributed by atoms with Crippen LogP contribution in [0.3, 0.4) is 0 Å². The van der Waals surface area contributed by atoms with Crippen LogP contribution in [0.2, 0.25) is 0 Å². The molecule has 2 aromatic rings. The van der Waals surface area contributed by atoms with Gasteiger partial charge < -0.3 is 10.4 Å². The predicted octanol–water partition coefficient (Wildman–Crippen LogP) is 1.21. The average molecular weight is 452 g/mol. The summed E-state index contributed by atoms with van der Waals surface area (Å²) >= 11 is 0. The summed E-state index contributed by atoms with van der Waals surface area (Å²) < 4.78 is 27.0. The van der Waals surface area contributed by atoms with Gasteiger partial charge in [0.2, 0.25) is 5.91 Å². The number of benzene rings is 2. The van der Waals surface area contributed by atoms with Gasteiger partial charge in [-0.1, -0.05) is 60.7 Å². The van der Waals surface area contributed by atoms with Gasteiger partial charge in [0, 0.05) is 5.92 Å². The number of nitrogens with zero attached hydrogens (tertiary/aromatic N) is 1. The Morgan fingerprint density at radius 1 is 1.03 bits per heavy atom. The molecule has 0 aromatic heterocycles. The first kappa shape index (κ1) is 20.4. The minimum absolute atomic E-state index is 0.0136. The standard InChI is InChI=1S/C23H20N2O6S/c26-17(11-13-7-3-1-4-8-13)24-18-21(27)25-19(23(28)29)16-12-15(14-9-5-2-6-10-14)20(16)32(30,31)22(18)25/h1-10,15,18,20,22H,11-12H2,(H,24,26)(H,28,29)/t15-,18+,20-,22+/m0/s1. The van der Waals surface area contributed by atoms with E-state index in [0.29, 0.717) is 0 Å². The third kappa shape index (κ3) is 2.96. The lowest BCUT2D eigenvalue weighted by Gasteiger charge is -2.55. The van der Waals surface area contributed by atoms with Crippen LogP contribution in [0.5, 0.6) is 0 Å². The highest BCUT2D eigenvalue weighted by molar-refractivity contribution is 7.93. The Bertz CT molecular complexity index is 1260. The second-order valence-electron chi connectivity index (χ2n) is 8.22. The summed E-state index contributed by atoms with van der Waals surface area (Å²) in [5.41, 5.74) is 1.51.